The Balaban J connectivity index is 4.46. The highest BCUT2D eigenvalue weighted by Crippen LogP contribution is 2.25. The Morgan fingerprint density at radius 1 is 1.27 bits per heavy atom. The summed E-state index contributed by atoms with van der Waals surface area (Å²) in [4.78, 5) is 13.9. The summed E-state index contributed by atoms with van der Waals surface area (Å²) in [5, 5.41) is 0. The molecule has 1 amide bonds. The second kappa shape index (κ2) is 6.11. The first-order chi connectivity index (χ1) is 6.85. The smallest absolute Gasteiger partial charge is 0.226 e. The Bertz CT molecular complexity index is 192. The molecule has 3 nitrogen and oxygen atoms in total. The Morgan fingerprint density at radius 3 is 2.00 bits per heavy atom. The van der Waals surface area contributed by atoms with E-state index >= 15 is 0 Å². The molecule has 0 saturated carbocycles. The minimum atomic E-state index is -0.0232. The van der Waals surface area contributed by atoms with E-state index in [-0.39, 0.29) is 17.2 Å². The molecule has 0 rings (SSSR count). The van der Waals surface area contributed by atoms with Crippen molar-refractivity contribution in [3.05, 3.63) is 0 Å². The van der Waals surface area contributed by atoms with Gasteiger partial charge in [0.05, 0.1) is 5.92 Å². The molecule has 0 fully saturated rings. The minimum absolute atomic E-state index is 0.0232. The van der Waals surface area contributed by atoms with Gasteiger partial charge in [0.2, 0.25) is 5.91 Å². The van der Waals surface area contributed by atoms with Crippen LogP contribution in [0.3, 0.4) is 0 Å². The van der Waals surface area contributed by atoms with Gasteiger partial charge in [-0.15, -0.1) is 0 Å². The maximum atomic E-state index is 12.1. The van der Waals surface area contributed by atoms with E-state index in [1.54, 1.807) is 0 Å². The molecule has 3 heteroatoms. The summed E-state index contributed by atoms with van der Waals surface area (Å²) in [5.41, 5.74) is 5.84. The average Bonchev–Trinajstić information content (AvgIpc) is 2.14. The lowest BCUT2D eigenvalue weighted by atomic mass is 9.84. The van der Waals surface area contributed by atoms with Crippen LogP contribution in [0.4, 0.5) is 0 Å². The van der Waals surface area contributed by atoms with Gasteiger partial charge in [-0.3, -0.25) is 4.79 Å². The molecule has 0 bridgehead atoms. The SMILES string of the molecule is CCN(CC)C(=O)C(CN)CC(C)(C)C. The molecule has 0 aromatic carbocycles. The largest absolute Gasteiger partial charge is 0.343 e. The van der Waals surface area contributed by atoms with Crippen LogP contribution < -0.4 is 5.73 Å². The van der Waals surface area contributed by atoms with E-state index in [9.17, 15) is 4.79 Å². The standard InChI is InChI=1S/C12H26N2O/c1-6-14(7-2)11(15)10(9-13)8-12(3,4)5/h10H,6-9,13H2,1-5H3. The zero-order valence-corrected chi connectivity index (χ0v) is 10.8. The van der Waals surface area contributed by atoms with Crippen LogP contribution >= 0.6 is 0 Å². The maximum absolute atomic E-state index is 12.1. The van der Waals surface area contributed by atoms with Gasteiger partial charge in [0.25, 0.3) is 0 Å². The first-order valence-electron chi connectivity index (χ1n) is 5.84. The monoisotopic (exact) mass is 214 g/mol. The molecule has 0 aliphatic carbocycles. The van der Waals surface area contributed by atoms with E-state index in [1.165, 1.54) is 0 Å². The topological polar surface area (TPSA) is 46.3 Å². The number of amides is 1. The lowest BCUT2D eigenvalue weighted by molar-refractivity contribution is -0.135. The highest BCUT2D eigenvalue weighted by atomic mass is 16.2. The highest BCUT2D eigenvalue weighted by Gasteiger charge is 2.26. The van der Waals surface area contributed by atoms with Gasteiger partial charge in [0.1, 0.15) is 0 Å². The molecule has 0 aliphatic rings. The van der Waals surface area contributed by atoms with Crippen LogP contribution in [-0.4, -0.2) is 30.4 Å². The van der Waals surface area contributed by atoms with Crippen molar-refractivity contribution in [2.24, 2.45) is 17.1 Å². The van der Waals surface area contributed by atoms with Crippen molar-refractivity contribution in [2.75, 3.05) is 19.6 Å². The van der Waals surface area contributed by atoms with Crippen LogP contribution in [0.2, 0.25) is 0 Å². The van der Waals surface area contributed by atoms with E-state index < -0.39 is 0 Å². The minimum Gasteiger partial charge on any atom is -0.343 e. The van der Waals surface area contributed by atoms with Crippen molar-refractivity contribution in [2.45, 2.75) is 41.0 Å². The van der Waals surface area contributed by atoms with Crippen molar-refractivity contribution in [1.82, 2.24) is 4.90 Å². The van der Waals surface area contributed by atoms with Crippen molar-refractivity contribution >= 4 is 5.91 Å². The number of hydrogen-bond acceptors (Lipinski definition) is 2. The van der Waals surface area contributed by atoms with Crippen LogP contribution in [0.15, 0.2) is 0 Å². The van der Waals surface area contributed by atoms with Gasteiger partial charge < -0.3 is 10.6 Å². The van der Waals surface area contributed by atoms with E-state index in [2.05, 4.69) is 20.8 Å². The number of nitrogens with two attached hydrogens (primary N) is 1. The normalized spacial score (nSPS) is 13.7. The zero-order valence-electron chi connectivity index (χ0n) is 10.8. The number of carbonyl (C=O) groups is 1. The molecule has 1 atom stereocenters. The van der Waals surface area contributed by atoms with Crippen LogP contribution in [0, 0.1) is 11.3 Å². The van der Waals surface area contributed by atoms with Crippen LogP contribution in [-0.2, 0) is 4.79 Å². The van der Waals surface area contributed by atoms with Crippen molar-refractivity contribution in [3.8, 4) is 0 Å². The van der Waals surface area contributed by atoms with Crippen LogP contribution in [0.1, 0.15) is 41.0 Å². The fourth-order valence-corrected chi connectivity index (χ4v) is 1.80. The molecule has 0 aliphatic heterocycles. The number of carbonyl (C=O) groups excluding carboxylic acids is 1. The molecular weight excluding hydrogens is 188 g/mol. The second-order valence-corrected chi connectivity index (χ2v) is 5.21. The molecule has 90 valence electrons. The van der Waals surface area contributed by atoms with E-state index in [0.717, 1.165) is 19.5 Å². The van der Waals surface area contributed by atoms with Gasteiger partial charge in [0.15, 0.2) is 0 Å². The molecule has 15 heavy (non-hydrogen) atoms. The molecule has 0 radical (unpaired) electrons. The van der Waals surface area contributed by atoms with Crippen molar-refractivity contribution in [3.63, 3.8) is 0 Å². The van der Waals surface area contributed by atoms with Gasteiger partial charge in [-0.25, -0.2) is 0 Å². The third-order valence-corrected chi connectivity index (χ3v) is 2.57. The molecule has 0 aromatic heterocycles. The maximum Gasteiger partial charge on any atom is 0.226 e. The van der Waals surface area contributed by atoms with Crippen molar-refractivity contribution in [1.29, 1.82) is 0 Å². The fraction of sp³-hybridized carbons (Fsp3) is 0.917. The third-order valence-electron chi connectivity index (χ3n) is 2.57. The van der Waals surface area contributed by atoms with Gasteiger partial charge in [-0.1, -0.05) is 20.8 Å². The fourth-order valence-electron chi connectivity index (χ4n) is 1.80. The molecule has 2 N–H and O–H groups in total. The van der Waals surface area contributed by atoms with Gasteiger partial charge in [-0.05, 0) is 25.7 Å². The molecule has 0 aromatic rings. The summed E-state index contributed by atoms with van der Waals surface area (Å²) >= 11 is 0. The number of nitrogens with zero attached hydrogens (tertiary/aromatic N) is 1. The van der Waals surface area contributed by atoms with E-state index in [0.29, 0.717) is 6.54 Å². The average molecular weight is 214 g/mol. The lowest BCUT2D eigenvalue weighted by Crippen LogP contribution is -2.40. The Labute approximate surface area is 94.0 Å². The summed E-state index contributed by atoms with van der Waals surface area (Å²) in [5.74, 6) is 0.183. The Morgan fingerprint density at radius 2 is 1.73 bits per heavy atom. The van der Waals surface area contributed by atoms with Crippen LogP contribution in [0.5, 0.6) is 0 Å². The van der Waals surface area contributed by atoms with Crippen LogP contribution in [0.25, 0.3) is 0 Å². The van der Waals surface area contributed by atoms with Gasteiger partial charge >= 0.3 is 0 Å². The third kappa shape index (κ3) is 5.17. The summed E-state index contributed by atoms with van der Waals surface area (Å²) in [6.07, 6.45) is 0.860. The molecule has 0 saturated heterocycles. The summed E-state index contributed by atoms with van der Waals surface area (Å²) in [6, 6.07) is 0. The van der Waals surface area contributed by atoms with Gasteiger partial charge in [0, 0.05) is 19.6 Å². The molecule has 1 unspecified atom stereocenters. The first-order valence-corrected chi connectivity index (χ1v) is 5.84. The Hall–Kier alpha value is -0.570. The van der Waals surface area contributed by atoms with E-state index in [1.807, 2.05) is 18.7 Å². The van der Waals surface area contributed by atoms with E-state index in [4.69, 9.17) is 5.73 Å². The molecule has 0 spiro atoms. The zero-order chi connectivity index (χ0) is 12.1. The number of hydrogen-bond donors (Lipinski definition) is 1. The first kappa shape index (κ1) is 14.4. The summed E-state index contributed by atoms with van der Waals surface area (Å²) in [7, 11) is 0. The summed E-state index contributed by atoms with van der Waals surface area (Å²) < 4.78 is 0. The molecule has 0 heterocycles. The van der Waals surface area contributed by atoms with Gasteiger partial charge in [-0.2, -0.15) is 0 Å². The quantitative estimate of drug-likeness (QED) is 0.759. The summed E-state index contributed by atoms with van der Waals surface area (Å²) in [6.45, 7) is 12.4. The van der Waals surface area contributed by atoms with Crippen molar-refractivity contribution < 1.29 is 4.79 Å². The molecular formula is C12H26N2O. The highest BCUT2D eigenvalue weighted by molar-refractivity contribution is 5.79. The lowest BCUT2D eigenvalue weighted by Gasteiger charge is -2.29. The second-order valence-electron chi connectivity index (χ2n) is 5.21. The Kier molecular flexibility index (Phi) is 5.88. The predicted octanol–water partition coefficient (Wildman–Crippen LogP) is 1.87. The number of rotatable bonds is 5. The predicted molar refractivity (Wildman–Crippen MR) is 64.5 cm³/mol.